The summed E-state index contributed by atoms with van der Waals surface area (Å²) in [5.74, 6) is -5.20. The zero-order valence-corrected chi connectivity index (χ0v) is 21.6. The van der Waals surface area contributed by atoms with Gasteiger partial charge in [-0.05, 0) is 43.8 Å². The standard InChI is InChI=1S/C26H33F2NO9/c1-14-9-16-17-11-19(27)18-10-15(31)6-7-23(18,2)25(17,28)20(32)12-24(16,3)26(14,21(33)13-30)38-22(34)5-4-8-37-29(35)36/h6-7,14,16-17,20,30,32H,4-5,8-13H2,1-3H3/t14-,16?,17?,20+,23+,24+,25+,26+/m1/s1. The second kappa shape index (κ2) is 9.48. The molecule has 0 aromatic heterocycles. The number of nitrogens with zero attached hydrogens (tertiary/aromatic N) is 1. The largest absolute Gasteiger partial charge is 0.450 e. The first-order chi connectivity index (χ1) is 17.7. The number of aliphatic hydroxyl groups is 2. The molecule has 0 heterocycles. The fourth-order valence-corrected chi connectivity index (χ4v) is 8.07. The van der Waals surface area contributed by atoms with Crippen LogP contribution in [-0.4, -0.2) is 63.4 Å². The first-order valence-electron chi connectivity index (χ1n) is 12.8. The van der Waals surface area contributed by atoms with E-state index in [1.54, 1.807) is 13.8 Å². The molecule has 0 aromatic carbocycles. The number of ether oxygens (including phenoxy) is 1. The van der Waals surface area contributed by atoms with Crippen LogP contribution < -0.4 is 0 Å². The third kappa shape index (κ3) is 3.74. The molecule has 10 nitrogen and oxygen atoms in total. The van der Waals surface area contributed by atoms with Crippen LogP contribution in [0.5, 0.6) is 0 Å². The van der Waals surface area contributed by atoms with Crippen LogP contribution >= 0.6 is 0 Å². The number of hydrogen-bond donors (Lipinski definition) is 2. The molecule has 0 aliphatic heterocycles. The van der Waals surface area contributed by atoms with E-state index in [4.69, 9.17) is 4.74 Å². The Morgan fingerprint density at radius 1 is 1.29 bits per heavy atom. The molecule has 0 aromatic rings. The molecule has 2 saturated carbocycles. The summed E-state index contributed by atoms with van der Waals surface area (Å²) >= 11 is 0. The maximum absolute atomic E-state index is 17.3. The van der Waals surface area contributed by atoms with Gasteiger partial charge in [0.15, 0.2) is 17.1 Å². The molecule has 12 heteroatoms. The van der Waals surface area contributed by atoms with Crippen LogP contribution in [0.3, 0.4) is 0 Å². The van der Waals surface area contributed by atoms with Gasteiger partial charge in [0.1, 0.15) is 12.4 Å². The van der Waals surface area contributed by atoms with Gasteiger partial charge in [0.2, 0.25) is 5.78 Å². The smallest absolute Gasteiger partial charge is 0.306 e. The highest BCUT2D eigenvalue weighted by molar-refractivity contribution is 5.94. The fourth-order valence-electron chi connectivity index (χ4n) is 8.07. The van der Waals surface area contributed by atoms with E-state index in [1.807, 2.05) is 0 Å². The number of fused-ring (bicyclic) bond motifs is 5. The summed E-state index contributed by atoms with van der Waals surface area (Å²) in [4.78, 5) is 52.8. The number of hydrogen-bond acceptors (Lipinski definition) is 9. The van der Waals surface area contributed by atoms with Crippen molar-refractivity contribution >= 4 is 17.5 Å². The number of halogens is 2. The molecule has 4 aliphatic rings. The summed E-state index contributed by atoms with van der Waals surface area (Å²) in [7, 11) is 0. The maximum atomic E-state index is 17.3. The molecule has 0 bridgehead atoms. The minimum Gasteiger partial charge on any atom is -0.450 e. The summed E-state index contributed by atoms with van der Waals surface area (Å²) < 4.78 is 38.7. The monoisotopic (exact) mass is 541 g/mol. The number of esters is 1. The number of Topliss-reactive ketones (excluding diaryl/α,β-unsaturated/α-hetero) is 1. The van der Waals surface area contributed by atoms with Crippen molar-refractivity contribution in [1.82, 2.24) is 0 Å². The van der Waals surface area contributed by atoms with Crippen LogP contribution in [0.4, 0.5) is 8.78 Å². The third-order valence-electron chi connectivity index (χ3n) is 9.75. The number of rotatable bonds is 8. The molecular weight excluding hydrogens is 508 g/mol. The van der Waals surface area contributed by atoms with Crippen LogP contribution in [0.1, 0.15) is 59.3 Å². The Hall–Kier alpha value is -2.73. The van der Waals surface area contributed by atoms with Crippen molar-refractivity contribution in [3.63, 3.8) is 0 Å². The molecule has 8 atom stereocenters. The summed E-state index contributed by atoms with van der Waals surface area (Å²) in [6.07, 6.45) is -0.393. The summed E-state index contributed by atoms with van der Waals surface area (Å²) in [6, 6.07) is 0. The average molecular weight is 542 g/mol. The summed E-state index contributed by atoms with van der Waals surface area (Å²) in [5, 5.41) is 30.7. The fraction of sp³-hybridized carbons (Fsp3) is 0.731. The number of carbonyl (C=O) groups is 3. The Morgan fingerprint density at radius 2 is 1.97 bits per heavy atom. The second-order valence-electron chi connectivity index (χ2n) is 11.5. The average Bonchev–Trinajstić information content (AvgIpc) is 3.06. The van der Waals surface area contributed by atoms with Gasteiger partial charge in [-0.15, -0.1) is 10.1 Å². The van der Waals surface area contributed by atoms with Crippen molar-refractivity contribution in [2.24, 2.45) is 28.6 Å². The van der Waals surface area contributed by atoms with Gasteiger partial charge in [-0.2, -0.15) is 0 Å². The molecule has 0 saturated heterocycles. The molecule has 0 amide bonds. The Morgan fingerprint density at radius 3 is 2.61 bits per heavy atom. The summed E-state index contributed by atoms with van der Waals surface area (Å²) in [5.41, 5.74) is -7.23. The lowest BCUT2D eigenvalue weighted by molar-refractivity contribution is -0.757. The van der Waals surface area contributed by atoms with Crippen molar-refractivity contribution in [2.45, 2.75) is 76.7 Å². The number of alkyl halides is 1. The quantitative estimate of drug-likeness (QED) is 0.204. The van der Waals surface area contributed by atoms with E-state index in [0.717, 1.165) is 0 Å². The zero-order chi connectivity index (χ0) is 28.3. The van der Waals surface area contributed by atoms with E-state index < -0.39 is 75.2 Å². The molecule has 210 valence electrons. The first kappa shape index (κ1) is 28.3. The SMILES string of the molecule is C[C@@H]1CC2C3CC(F)=C4CC(=O)C=C[C@]4(C)[C@@]3(F)[C@@H](O)C[C@]2(C)[C@@]1(OC(=O)CCCO[N+](=O)[O-])C(=O)CO. The van der Waals surface area contributed by atoms with Crippen LogP contribution in [0, 0.1) is 38.7 Å². The van der Waals surface area contributed by atoms with Gasteiger partial charge in [0.05, 0.1) is 12.7 Å². The van der Waals surface area contributed by atoms with Gasteiger partial charge in [0.25, 0.3) is 5.09 Å². The van der Waals surface area contributed by atoms with Crippen molar-refractivity contribution in [2.75, 3.05) is 13.2 Å². The van der Waals surface area contributed by atoms with Gasteiger partial charge >= 0.3 is 5.97 Å². The number of ketones is 2. The maximum Gasteiger partial charge on any atom is 0.306 e. The van der Waals surface area contributed by atoms with E-state index in [1.165, 1.54) is 19.1 Å². The highest BCUT2D eigenvalue weighted by Crippen LogP contribution is 2.71. The first-order valence-corrected chi connectivity index (χ1v) is 12.8. The van der Waals surface area contributed by atoms with Gasteiger partial charge in [-0.3, -0.25) is 14.4 Å². The van der Waals surface area contributed by atoms with Crippen molar-refractivity contribution < 1.29 is 48.0 Å². The normalized spacial score (nSPS) is 41.7. The Labute approximate surface area is 218 Å². The number of allylic oxidation sites excluding steroid dienone is 4. The zero-order valence-electron chi connectivity index (χ0n) is 21.6. The van der Waals surface area contributed by atoms with Gasteiger partial charge in [-0.1, -0.05) is 19.9 Å². The molecule has 38 heavy (non-hydrogen) atoms. The van der Waals surface area contributed by atoms with Crippen molar-refractivity contribution in [3.8, 4) is 0 Å². The number of aliphatic hydroxyl groups excluding tert-OH is 2. The van der Waals surface area contributed by atoms with Crippen LogP contribution in [0.15, 0.2) is 23.6 Å². The second-order valence-corrected chi connectivity index (χ2v) is 11.5. The predicted molar refractivity (Wildman–Crippen MR) is 126 cm³/mol. The Balaban J connectivity index is 1.74. The highest BCUT2D eigenvalue weighted by Gasteiger charge is 2.77. The van der Waals surface area contributed by atoms with Crippen LogP contribution in [0.25, 0.3) is 0 Å². The van der Waals surface area contributed by atoms with Gasteiger partial charge < -0.3 is 19.8 Å². The number of carbonyl (C=O) groups excluding carboxylic acids is 3. The molecule has 4 aliphatic carbocycles. The van der Waals surface area contributed by atoms with Crippen molar-refractivity contribution in [3.05, 3.63) is 33.7 Å². The minimum atomic E-state index is -2.36. The predicted octanol–water partition coefficient (Wildman–Crippen LogP) is 2.73. The van der Waals surface area contributed by atoms with Crippen molar-refractivity contribution in [1.29, 1.82) is 0 Å². The van der Waals surface area contributed by atoms with Gasteiger partial charge in [0, 0.05) is 41.9 Å². The van der Waals surface area contributed by atoms with Gasteiger partial charge in [-0.25, -0.2) is 8.78 Å². The molecule has 2 unspecified atom stereocenters. The molecule has 0 radical (unpaired) electrons. The highest BCUT2D eigenvalue weighted by atomic mass is 19.1. The molecular formula is C26H33F2NO9. The van der Waals surface area contributed by atoms with Crippen LogP contribution in [0.2, 0.25) is 0 Å². The Kier molecular flexibility index (Phi) is 7.05. The third-order valence-corrected chi connectivity index (χ3v) is 9.75. The van der Waals surface area contributed by atoms with E-state index in [0.29, 0.717) is 0 Å². The minimum absolute atomic E-state index is 0.0125. The van der Waals surface area contributed by atoms with E-state index in [2.05, 4.69) is 4.84 Å². The molecule has 4 rings (SSSR count). The molecule has 0 spiro atoms. The summed E-state index contributed by atoms with van der Waals surface area (Å²) in [6.45, 7) is 3.35. The van der Waals surface area contributed by atoms with E-state index >= 15 is 8.78 Å². The Bertz CT molecular complexity index is 1120. The van der Waals surface area contributed by atoms with Crippen LogP contribution in [-0.2, 0) is 24.0 Å². The van der Waals surface area contributed by atoms with E-state index in [9.17, 15) is 34.7 Å². The lowest BCUT2D eigenvalue weighted by Crippen LogP contribution is -2.70. The molecule has 2 fully saturated rings. The topological polar surface area (TPSA) is 153 Å². The van der Waals surface area contributed by atoms with E-state index in [-0.39, 0.29) is 56.5 Å². The lowest BCUT2D eigenvalue weighted by Gasteiger charge is -2.62. The molecule has 2 N–H and O–H groups in total. The lowest BCUT2D eigenvalue weighted by atomic mass is 9.45.